The molecule has 0 spiro atoms. The maximum Gasteiger partial charge on any atom is 0.0473 e. The molecule has 1 aromatic rings. The van der Waals surface area contributed by atoms with Gasteiger partial charge in [0.15, 0.2) is 0 Å². The summed E-state index contributed by atoms with van der Waals surface area (Å²) >= 11 is 6.26. The van der Waals surface area contributed by atoms with Gasteiger partial charge in [-0.3, -0.25) is 4.90 Å². The summed E-state index contributed by atoms with van der Waals surface area (Å²) in [7, 11) is 0. The van der Waals surface area contributed by atoms with E-state index in [9.17, 15) is 0 Å². The van der Waals surface area contributed by atoms with Crippen molar-refractivity contribution in [3.05, 3.63) is 34.3 Å². The summed E-state index contributed by atoms with van der Waals surface area (Å²) in [6, 6.07) is 7.24. The molecule has 0 bridgehead atoms. The SMILES string of the molecule is Cc1ccc(C(CN)N2CC(C)CCC2C)cc1Cl. The Labute approximate surface area is 121 Å². The van der Waals surface area contributed by atoms with E-state index >= 15 is 0 Å². The van der Waals surface area contributed by atoms with E-state index in [-0.39, 0.29) is 6.04 Å². The molecule has 106 valence electrons. The first-order chi connectivity index (χ1) is 9.02. The minimum absolute atomic E-state index is 0.288. The van der Waals surface area contributed by atoms with Crippen LogP contribution in [0.4, 0.5) is 0 Å². The Morgan fingerprint density at radius 2 is 2.11 bits per heavy atom. The Bertz CT molecular complexity index is 433. The van der Waals surface area contributed by atoms with Crippen LogP contribution in [0.2, 0.25) is 5.02 Å². The first-order valence-electron chi connectivity index (χ1n) is 7.24. The molecule has 3 atom stereocenters. The van der Waals surface area contributed by atoms with E-state index in [1.54, 1.807) is 0 Å². The van der Waals surface area contributed by atoms with Gasteiger partial charge >= 0.3 is 0 Å². The fourth-order valence-electron chi connectivity index (χ4n) is 3.04. The molecule has 1 aliphatic heterocycles. The third-order valence-corrected chi connectivity index (χ3v) is 4.78. The maximum absolute atomic E-state index is 6.26. The maximum atomic E-state index is 6.26. The van der Waals surface area contributed by atoms with Gasteiger partial charge in [0, 0.05) is 30.2 Å². The van der Waals surface area contributed by atoms with E-state index in [4.69, 9.17) is 17.3 Å². The summed E-state index contributed by atoms with van der Waals surface area (Å²) < 4.78 is 0. The zero-order valence-corrected chi connectivity index (χ0v) is 13.0. The smallest absolute Gasteiger partial charge is 0.0473 e. The lowest BCUT2D eigenvalue weighted by Gasteiger charge is -2.42. The zero-order valence-electron chi connectivity index (χ0n) is 12.2. The Morgan fingerprint density at radius 1 is 1.37 bits per heavy atom. The van der Waals surface area contributed by atoms with Gasteiger partial charge in [0.25, 0.3) is 0 Å². The Morgan fingerprint density at radius 3 is 2.74 bits per heavy atom. The third kappa shape index (κ3) is 3.31. The first kappa shape index (κ1) is 14.8. The lowest BCUT2D eigenvalue weighted by atomic mass is 9.91. The molecule has 2 N–H and O–H groups in total. The highest BCUT2D eigenvalue weighted by Crippen LogP contribution is 2.31. The molecule has 2 rings (SSSR count). The molecule has 0 amide bonds. The standard InChI is InChI=1S/C16H25ClN2/c1-11-4-6-13(3)19(10-11)16(9-18)14-7-5-12(2)15(17)8-14/h5,7-8,11,13,16H,4,6,9-10,18H2,1-3H3. The van der Waals surface area contributed by atoms with Gasteiger partial charge < -0.3 is 5.73 Å². The second-order valence-electron chi connectivity index (χ2n) is 5.99. The Hall–Kier alpha value is -0.570. The Kier molecular flexibility index (Phi) is 4.88. The van der Waals surface area contributed by atoms with Gasteiger partial charge in [0.05, 0.1) is 0 Å². The quantitative estimate of drug-likeness (QED) is 0.913. The van der Waals surface area contributed by atoms with Crippen LogP contribution in [-0.4, -0.2) is 24.0 Å². The molecule has 1 fully saturated rings. The molecule has 0 saturated carbocycles. The summed E-state index contributed by atoms with van der Waals surface area (Å²) in [5.74, 6) is 0.756. The Balaban J connectivity index is 2.25. The molecule has 1 saturated heterocycles. The van der Waals surface area contributed by atoms with E-state index < -0.39 is 0 Å². The predicted molar refractivity (Wildman–Crippen MR) is 82.6 cm³/mol. The van der Waals surface area contributed by atoms with Crippen LogP contribution in [0.5, 0.6) is 0 Å². The highest BCUT2D eigenvalue weighted by molar-refractivity contribution is 6.31. The molecule has 19 heavy (non-hydrogen) atoms. The monoisotopic (exact) mass is 280 g/mol. The number of hydrogen-bond donors (Lipinski definition) is 1. The second kappa shape index (κ2) is 6.25. The van der Waals surface area contributed by atoms with Crippen LogP contribution in [0.25, 0.3) is 0 Å². The highest BCUT2D eigenvalue weighted by atomic mass is 35.5. The van der Waals surface area contributed by atoms with Crippen LogP contribution in [0.1, 0.15) is 43.9 Å². The largest absolute Gasteiger partial charge is 0.329 e. The van der Waals surface area contributed by atoms with Crippen molar-refractivity contribution < 1.29 is 0 Å². The molecule has 0 radical (unpaired) electrons. The average molecular weight is 281 g/mol. The number of rotatable bonds is 3. The first-order valence-corrected chi connectivity index (χ1v) is 7.62. The highest BCUT2D eigenvalue weighted by Gasteiger charge is 2.29. The number of hydrogen-bond acceptors (Lipinski definition) is 2. The molecule has 1 heterocycles. The van der Waals surface area contributed by atoms with Crippen molar-refractivity contribution in [3.8, 4) is 0 Å². The summed E-state index contributed by atoms with van der Waals surface area (Å²) in [6.45, 7) is 8.46. The minimum atomic E-state index is 0.288. The molecule has 2 nitrogen and oxygen atoms in total. The fourth-order valence-corrected chi connectivity index (χ4v) is 3.23. The number of piperidine rings is 1. The third-order valence-electron chi connectivity index (χ3n) is 4.37. The van der Waals surface area contributed by atoms with Crippen LogP contribution >= 0.6 is 11.6 Å². The van der Waals surface area contributed by atoms with Gasteiger partial charge in [-0.15, -0.1) is 0 Å². The number of benzene rings is 1. The van der Waals surface area contributed by atoms with Crippen LogP contribution in [0.15, 0.2) is 18.2 Å². The molecule has 1 aliphatic rings. The van der Waals surface area contributed by atoms with Crippen LogP contribution in [0.3, 0.4) is 0 Å². The van der Waals surface area contributed by atoms with Crippen molar-refractivity contribution in [1.82, 2.24) is 4.90 Å². The number of halogens is 1. The van der Waals surface area contributed by atoms with Crippen molar-refractivity contribution in [2.75, 3.05) is 13.1 Å². The molecule has 1 aromatic carbocycles. The van der Waals surface area contributed by atoms with E-state index in [0.29, 0.717) is 12.6 Å². The summed E-state index contributed by atoms with van der Waals surface area (Å²) in [4.78, 5) is 2.55. The molecule has 3 unspecified atom stereocenters. The summed E-state index contributed by atoms with van der Waals surface area (Å²) in [5.41, 5.74) is 8.42. The summed E-state index contributed by atoms with van der Waals surface area (Å²) in [6.07, 6.45) is 2.58. The number of likely N-dealkylation sites (tertiary alicyclic amines) is 1. The fraction of sp³-hybridized carbons (Fsp3) is 0.625. The number of nitrogens with two attached hydrogens (primary N) is 1. The van der Waals surface area contributed by atoms with Gasteiger partial charge in [0.1, 0.15) is 0 Å². The van der Waals surface area contributed by atoms with Crippen molar-refractivity contribution >= 4 is 11.6 Å². The lowest BCUT2D eigenvalue weighted by Crippen LogP contribution is -2.45. The molecule has 3 heteroatoms. The van der Waals surface area contributed by atoms with E-state index in [2.05, 4.69) is 36.9 Å². The van der Waals surface area contributed by atoms with Crippen molar-refractivity contribution in [2.45, 2.75) is 45.7 Å². The van der Waals surface area contributed by atoms with Crippen molar-refractivity contribution in [3.63, 3.8) is 0 Å². The van der Waals surface area contributed by atoms with Gasteiger partial charge in [-0.1, -0.05) is 30.7 Å². The van der Waals surface area contributed by atoms with E-state index in [1.165, 1.54) is 18.4 Å². The van der Waals surface area contributed by atoms with Gasteiger partial charge in [0.2, 0.25) is 0 Å². The second-order valence-corrected chi connectivity index (χ2v) is 6.40. The number of nitrogens with zero attached hydrogens (tertiary/aromatic N) is 1. The normalized spacial score (nSPS) is 26.4. The zero-order chi connectivity index (χ0) is 14.0. The van der Waals surface area contributed by atoms with Gasteiger partial charge in [-0.25, -0.2) is 0 Å². The topological polar surface area (TPSA) is 29.3 Å². The van der Waals surface area contributed by atoms with Crippen LogP contribution in [-0.2, 0) is 0 Å². The van der Waals surface area contributed by atoms with E-state index in [1.807, 2.05) is 6.92 Å². The molecular formula is C16H25ClN2. The van der Waals surface area contributed by atoms with Crippen LogP contribution < -0.4 is 5.73 Å². The lowest BCUT2D eigenvalue weighted by molar-refractivity contribution is 0.0798. The van der Waals surface area contributed by atoms with Crippen LogP contribution in [0, 0.1) is 12.8 Å². The van der Waals surface area contributed by atoms with Gasteiger partial charge in [-0.2, -0.15) is 0 Å². The van der Waals surface area contributed by atoms with Crippen molar-refractivity contribution in [2.24, 2.45) is 11.7 Å². The van der Waals surface area contributed by atoms with E-state index in [0.717, 1.165) is 23.0 Å². The molecular weight excluding hydrogens is 256 g/mol. The van der Waals surface area contributed by atoms with Gasteiger partial charge in [-0.05, 0) is 49.8 Å². The molecule has 0 aliphatic carbocycles. The average Bonchev–Trinajstić information content (AvgIpc) is 2.38. The summed E-state index contributed by atoms with van der Waals surface area (Å²) in [5, 5.41) is 0.841. The molecule has 0 aromatic heterocycles. The number of aryl methyl sites for hydroxylation is 1. The predicted octanol–water partition coefficient (Wildman–Crippen LogP) is 3.77. The minimum Gasteiger partial charge on any atom is -0.329 e. The van der Waals surface area contributed by atoms with Crippen molar-refractivity contribution in [1.29, 1.82) is 0 Å².